The summed E-state index contributed by atoms with van der Waals surface area (Å²) in [4.78, 5) is 0. The van der Waals surface area contributed by atoms with Gasteiger partial charge in [0.05, 0.1) is 0 Å². The fraction of sp³-hybridized carbons (Fsp3) is 0.500. The third-order valence-electron chi connectivity index (χ3n) is 3.94. The molecule has 0 spiro atoms. The summed E-state index contributed by atoms with van der Waals surface area (Å²) in [7, 11) is -6.00. The number of hydrogen-bond acceptors (Lipinski definition) is 0. The lowest BCUT2D eigenvalue weighted by Gasteiger charge is -2.27. The second kappa shape index (κ2) is 6.98. The summed E-state index contributed by atoms with van der Waals surface area (Å²) in [5.74, 6) is 10.1. The second-order valence-corrected chi connectivity index (χ2v) is 4.87. The first kappa shape index (κ1) is 18.8. The van der Waals surface area contributed by atoms with E-state index in [0.29, 0.717) is 0 Å². The van der Waals surface area contributed by atoms with Crippen LogP contribution >= 0.6 is 0 Å². The van der Waals surface area contributed by atoms with Gasteiger partial charge in [-0.1, -0.05) is 48.5 Å². The van der Waals surface area contributed by atoms with Gasteiger partial charge in [-0.15, -0.1) is 0 Å². The molecule has 109 valence electrons. The van der Waals surface area contributed by atoms with Gasteiger partial charge < -0.3 is 17.3 Å². The lowest BCUT2D eigenvalue weighted by atomic mass is 9.77. The van der Waals surface area contributed by atoms with Gasteiger partial charge in [-0.05, 0) is 41.4 Å². The highest BCUT2D eigenvalue weighted by molar-refractivity contribution is 6.50. The van der Waals surface area contributed by atoms with E-state index in [-0.39, 0.29) is 0 Å². The van der Waals surface area contributed by atoms with Crippen LogP contribution in [0.3, 0.4) is 0 Å². The maximum atomic E-state index is 9.75. The number of rotatable bonds is 0. The molecule has 1 aliphatic rings. The van der Waals surface area contributed by atoms with E-state index < -0.39 is 7.25 Å². The van der Waals surface area contributed by atoms with Crippen LogP contribution in [0.25, 0.3) is 0 Å². The molecular formula is C14H21BF4-. The quantitative estimate of drug-likeness (QED) is 0.313. The van der Waals surface area contributed by atoms with E-state index in [1.807, 2.05) is 0 Å². The van der Waals surface area contributed by atoms with E-state index in [1.165, 1.54) is 41.4 Å². The van der Waals surface area contributed by atoms with E-state index in [9.17, 15) is 17.3 Å². The third kappa shape index (κ3) is 5.74. The van der Waals surface area contributed by atoms with E-state index >= 15 is 0 Å². The predicted octanol–water partition coefficient (Wildman–Crippen LogP) is 5.46. The van der Waals surface area contributed by atoms with E-state index in [0.717, 1.165) is 0 Å². The summed E-state index contributed by atoms with van der Waals surface area (Å²) in [6, 6.07) is 0. The molecule has 1 fully saturated rings. The van der Waals surface area contributed by atoms with Crippen molar-refractivity contribution in [2.24, 2.45) is 0 Å². The van der Waals surface area contributed by atoms with Crippen molar-refractivity contribution in [3.05, 3.63) is 41.4 Å². The molecule has 0 unspecified atom stereocenters. The topological polar surface area (TPSA) is 0 Å². The number of halogens is 4. The third-order valence-corrected chi connectivity index (χ3v) is 3.94. The largest absolute Gasteiger partial charge is 0.673 e. The molecule has 0 aromatic rings. The molecule has 5 heteroatoms. The molecule has 1 rings (SSSR count). The Morgan fingerprint density at radius 3 is 0.526 bits per heavy atom. The molecule has 0 N–H and O–H groups in total. The molecule has 1 saturated carbocycles. The van der Waals surface area contributed by atoms with Crippen LogP contribution in [-0.2, 0) is 0 Å². The molecule has 0 saturated heterocycles. The SMILES string of the molecule is C[C]1[C](C)[C](C)[C](C)[C](C)[C](C)[C]1C.F[B-](F)(F)F. The van der Waals surface area contributed by atoms with Gasteiger partial charge in [-0.2, -0.15) is 0 Å². The zero-order valence-electron chi connectivity index (χ0n) is 12.6. The first-order chi connectivity index (χ1) is 8.37. The van der Waals surface area contributed by atoms with Gasteiger partial charge in [0.1, 0.15) is 0 Å². The fourth-order valence-corrected chi connectivity index (χ4v) is 1.97. The predicted molar refractivity (Wildman–Crippen MR) is 72.6 cm³/mol. The molecule has 0 bridgehead atoms. The lowest BCUT2D eigenvalue weighted by Crippen LogP contribution is -2.15. The molecule has 1 aliphatic carbocycles. The van der Waals surface area contributed by atoms with Gasteiger partial charge in [0.25, 0.3) is 0 Å². The Balaban J connectivity index is 0.000000555. The van der Waals surface area contributed by atoms with Crippen LogP contribution in [-0.4, -0.2) is 7.25 Å². The summed E-state index contributed by atoms with van der Waals surface area (Å²) < 4.78 is 39.0. The van der Waals surface area contributed by atoms with E-state index in [4.69, 9.17) is 0 Å². The van der Waals surface area contributed by atoms with Crippen molar-refractivity contribution in [3.8, 4) is 0 Å². The van der Waals surface area contributed by atoms with Crippen LogP contribution in [0.2, 0.25) is 0 Å². The van der Waals surface area contributed by atoms with Crippen molar-refractivity contribution in [1.82, 2.24) is 0 Å². The molecule has 0 heterocycles. The lowest BCUT2D eigenvalue weighted by molar-refractivity contribution is 0.368. The monoisotopic (exact) mass is 276 g/mol. The maximum Gasteiger partial charge on any atom is 0.673 e. The van der Waals surface area contributed by atoms with Gasteiger partial charge in [-0.3, -0.25) is 0 Å². The van der Waals surface area contributed by atoms with Gasteiger partial charge in [0.15, 0.2) is 0 Å². The van der Waals surface area contributed by atoms with E-state index in [2.05, 4.69) is 48.5 Å². The Morgan fingerprint density at radius 2 is 0.474 bits per heavy atom. The van der Waals surface area contributed by atoms with Gasteiger partial charge >= 0.3 is 7.25 Å². The Hall–Kier alpha value is -0.215. The van der Waals surface area contributed by atoms with Gasteiger partial charge in [-0.25, -0.2) is 0 Å². The number of hydrogen-bond donors (Lipinski definition) is 0. The van der Waals surface area contributed by atoms with Crippen molar-refractivity contribution in [2.45, 2.75) is 48.5 Å². The van der Waals surface area contributed by atoms with Crippen molar-refractivity contribution in [1.29, 1.82) is 0 Å². The van der Waals surface area contributed by atoms with Gasteiger partial charge in [0.2, 0.25) is 0 Å². The summed E-state index contributed by atoms with van der Waals surface area (Å²) in [5, 5.41) is 0. The minimum Gasteiger partial charge on any atom is -0.418 e. The molecule has 7 radical (unpaired) electrons. The van der Waals surface area contributed by atoms with Crippen molar-refractivity contribution in [2.75, 3.05) is 0 Å². The van der Waals surface area contributed by atoms with Crippen LogP contribution in [0, 0.1) is 41.4 Å². The van der Waals surface area contributed by atoms with Crippen LogP contribution < -0.4 is 0 Å². The zero-order chi connectivity index (χ0) is 15.5. The average molecular weight is 276 g/mol. The molecular weight excluding hydrogens is 255 g/mol. The first-order valence-corrected chi connectivity index (χ1v) is 6.12. The maximum absolute atomic E-state index is 9.75. The van der Waals surface area contributed by atoms with Crippen molar-refractivity contribution in [3.63, 3.8) is 0 Å². The minimum absolute atomic E-state index is 1.44. The Kier molecular flexibility index (Phi) is 6.91. The standard InChI is InChI=1S/C14H21.BF4/c1-8-9(2)11(4)13(6)14(7)12(5)10(8)3;2-1(3,4)5/h1-7H3;/q;-1. The second-order valence-electron chi connectivity index (χ2n) is 4.87. The Bertz CT molecular complexity index is 188. The molecule has 0 aromatic carbocycles. The van der Waals surface area contributed by atoms with Crippen LogP contribution in [0.15, 0.2) is 0 Å². The Morgan fingerprint density at radius 1 is 0.421 bits per heavy atom. The molecule has 0 nitrogen and oxygen atoms in total. The van der Waals surface area contributed by atoms with Crippen molar-refractivity contribution < 1.29 is 17.3 Å². The summed E-state index contributed by atoms with van der Waals surface area (Å²) >= 11 is 0. The molecule has 0 aromatic heterocycles. The highest BCUT2D eigenvalue weighted by Gasteiger charge is 2.40. The van der Waals surface area contributed by atoms with Crippen LogP contribution in [0.4, 0.5) is 17.3 Å². The smallest absolute Gasteiger partial charge is 0.418 e. The summed E-state index contributed by atoms with van der Waals surface area (Å²) in [6.07, 6.45) is 0. The van der Waals surface area contributed by atoms with Crippen molar-refractivity contribution >= 4 is 7.25 Å². The minimum atomic E-state index is -6.00. The average Bonchev–Trinajstić information content (AvgIpc) is 2.32. The molecule has 0 amide bonds. The normalized spacial score (nSPS) is 24.2. The highest BCUT2D eigenvalue weighted by atomic mass is 19.5. The Labute approximate surface area is 115 Å². The summed E-state index contributed by atoms with van der Waals surface area (Å²) in [6.45, 7) is 15.6. The first-order valence-electron chi connectivity index (χ1n) is 6.12. The highest BCUT2D eigenvalue weighted by Crippen LogP contribution is 2.51. The fourth-order valence-electron chi connectivity index (χ4n) is 1.97. The summed E-state index contributed by atoms with van der Waals surface area (Å²) in [5.41, 5.74) is 0. The molecule has 0 aliphatic heterocycles. The van der Waals surface area contributed by atoms with Crippen LogP contribution in [0.5, 0.6) is 0 Å². The van der Waals surface area contributed by atoms with Gasteiger partial charge in [0, 0.05) is 0 Å². The molecule has 19 heavy (non-hydrogen) atoms. The van der Waals surface area contributed by atoms with E-state index in [1.54, 1.807) is 0 Å². The van der Waals surface area contributed by atoms with Crippen LogP contribution in [0.1, 0.15) is 48.5 Å². The zero-order valence-corrected chi connectivity index (χ0v) is 12.6. The molecule has 0 atom stereocenters.